The second kappa shape index (κ2) is 6.32. The number of methoxy groups -OCH3 is 1. The number of carbonyl (C=O) groups is 2. The van der Waals surface area contributed by atoms with Crippen LogP contribution in [0.3, 0.4) is 0 Å². The van der Waals surface area contributed by atoms with Crippen LogP contribution in [0.2, 0.25) is 0 Å². The van der Waals surface area contributed by atoms with Crippen molar-refractivity contribution in [3.8, 4) is 0 Å². The molecule has 0 unspecified atom stereocenters. The first kappa shape index (κ1) is 16.2. The number of nitrogens with one attached hydrogen (secondary N) is 1. The molecule has 2 rings (SSSR count). The predicted octanol–water partition coefficient (Wildman–Crippen LogP) is 4.02. The van der Waals surface area contributed by atoms with E-state index in [9.17, 15) is 9.59 Å². The van der Waals surface area contributed by atoms with Gasteiger partial charge >= 0.3 is 5.97 Å². The zero-order chi connectivity index (χ0) is 16.4. The Hall–Kier alpha value is -2.14. The summed E-state index contributed by atoms with van der Waals surface area (Å²) in [5, 5.41) is 3.39. The fourth-order valence-corrected chi connectivity index (χ4v) is 3.27. The fraction of sp³-hybridized carbons (Fsp3) is 0.294. The molecule has 0 bridgehead atoms. The zero-order valence-electron chi connectivity index (χ0n) is 13.4. The second-order valence-electron chi connectivity index (χ2n) is 5.18. The number of carbonyl (C=O) groups excluding carboxylic acids is 2. The van der Waals surface area contributed by atoms with E-state index in [1.807, 2.05) is 39.8 Å². The Morgan fingerprint density at radius 2 is 1.77 bits per heavy atom. The summed E-state index contributed by atoms with van der Waals surface area (Å²) in [4.78, 5) is 25.4. The highest BCUT2D eigenvalue weighted by Gasteiger charge is 2.22. The number of benzene rings is 1. The third-order valence-corrected chi connectivity index (χ3v) is 4.97. The van der Waals surface area contributed by atoms with Gasteiger partial charge in [-0.25, -0.2) is 4.79 Å². The average molecular weight is 317 g/mol. The van der Waals surface area contributed by atoms with Crippen LogP contribution in [0.1, 0.15) is 42.3 Å². The van der Waals surface area contributed by atoms with Gasteiger partial charge in [0.25, 0.3) is 5.91 Å². The SMILES string of the molecule is COC(=O)c1c(NC(=O)c2cccc(C)c2C)sc(C)c1C. The molecule has 0 radical (unpaired) electrons. The molecule has 116 valence electrons. The molecule has 0 saturated carbocycles. The Labute approximate surface area is 134 Å². The van der Waals surface area contributed by atoms with E-state index in [2.05, 4.69) is 5.32 Å². The highest BCUT2D eigenvalue weighted by molar-refractivity contribution is 7.16. The Balaban J connectivity index is 2.39. The van der Waals surface area contributed by atoms with Gasteiger partial charge in [0.05, 0.1) is 12.7 Å². The number of anilines is 1. The summed E-state index contributed by atoms with van der Waals surface area (Å²) < 4.78 is 4.82. The van der Waals surface area contributed by atoms with E-state index in [1.165, 1.54) is 18.4 Å². The predicted molar refractivity (Wildman–Crippen MR) is 89.0 cm³/mol. The van der Waals surface area contributed by atoms with Crippen LogP contribution in [-0.2, 0) is 4.74 Å². The minimum Gasteiger partial charge on any atom is -0.465 e. The van der Waals surface area contributed by atoms with Crippen LogP contribution in [0, 0.1) is 27.7 Å². The van der Waals surface area contributed by atoms with E-state index in [1.54, 1.807) is 6.07 Å². The van der Waals surface area contributed by atoms with Gasteiger partial charge in [-0.2, -0.15) is 0 Å². The first-order valence-electron chi connectivity index (χ1n) is 6.92. The smallest absolute Gasteiger partial charge is 0.341 e. The maximum absolute atomic E-state index is 12.5. The van der Waals surface area contributed by atoms with Crippen molar-refractivity contribution in [3.63, 3.8) is 0 Å². The first-order valence-corrected chi connectivity index (χ1v) is 7.74. The Morgan fingerprint density at radius 3 is 2.41 bits per heavy atom. The number of aryl methyl sites for hydroxylation is 2. The summed E-state index contributed by atoms with van der Waals surface area (Å²) in [5.74, 6) is -0.647. The van der Waals surface area contributed by atoms with Crippen LogP contribution in [0.5, 0.6) is 0 Å². The van der Waals surface area contributed by atoms with Gasteiger partial charge in [0.2, 0.25) is 0 Å². The molecule has 0 saturated heterocycles. The molecule has 0 spiro atoms. The van der Waals surface area contributed by atoms with Crippen LogP contribution in [0.25, 0.3) is 0 Å². The Morgan fingerprint density at radius 1 is 1.09 bits per heavy atom. The fourth-order valence-electron chi connectivity index (χ4n) is 2.23. The lowest BCUT2D eigenvalue weighted by Crippen LogP contribution is -2.15. The van der Waals surface area contributed by atoms with Gasteiger partial charge in [-0.05, 0) is 50.5 Å². The van der Waals surface area contributed by atoms with E-state index >= 15 is 0 Å². The summed E-state index contributed by atoms with van der Waals surface area (Å²) in [6.07, 6.45) is 0. The maximum Gasteiger partial charge on any atom is 0.341 e. The maximum atomic E-state index is 12.5. The summed E-state index contributed by atoms with van der Waals surface area (Å²) in [7, 11) is 1.34. The van der Waals surface area contributed by atoms with E-state index in [0.717, 1.165) is 21.6 Å². The molecule has 1 aromatic carbocycles. The van der Waals surface area contributed by atoms with Crippen molar-refractivity contribution in [2.24, 2.45) is 0 Å². The molecule has 1 N–H and O–H groups in total. The molecule has 0 atom stereocenters. The molecule has 5 heteroatoms. The van der Waals surface area contributed by atoms with Crippen LogP contribution < -0.4 is 5.32 Å². The monoisotopic (exact) mass is 317 g/mol. The van der Waals surface area contributed by atoms with Gasteiger partial charge in [-0.1, -0.05) is 12.1 Å². The molecular weight excluding hydrogens is 298 g/mol. The lowest BCUT2D eigenvalue weighted by Gasteiger charge is -2.09. The highest BCUT2D eigenvalue weighted by Crippen LogP contribution is 2.33. The molecule has 0 aliphatic heterocycles. The van der Waals surface area contributed by atoms with E-state index in [4.69, 9.17) is 4.74 Å². The van der Waals surface area contributed by atoms with Crippen molar-refractivity contribution in [1.29, 1.82) is 0 Å². The lowest BCUT2D eigenvalue weighted by atomic mass is 10.0. The van der Waals surface area contributed by atoms with E-state index in [0.29, 0.717) is 16.1 Å². The van der Waals surface area contributed by atoms with Crippen molar-refractivity contribution < 1.29 is 14.3 Å². The summed E-state index contributed by atoms with van der Waals surface area (Å²) >= 11 is 1.38. The topological polar surface area (TPSA) is 55.4 Å². The minimum absolute atomic E-state index is 0.215. The molecule has 2 aromatic rings. The number of thiophene rings is 1. The minimum atomic E-state index is -0.432. The quantitative estimate of drug-likeness (QED) is 0.870. The number of rotatable bonds is 3. The van der Waals surface area contributed by atoms with Crippen LogP contribution in [0.4, 0.5) is 5.00 Å². The molecule has 0 aliphatic carbocycles. The highest BCUT2D eigenvalue weighted by atomic mass is 32.1. The van der Waals surface area contributed by atoms with Crippen molar-refractivity contribution in [2.75, 3.05) is 12.4 Å². The molecule has 0 aliphatic rings. The summed E-state index contributed by atoms with van der Waals surface area (Å²) in [5.41, 5.74) is 3.88. The largest absolute Gasteiger partial charge is 0.465 e. The molecule has 0 fully saturated rings. The third-order valence-electron chi connectivity index (χ3n) is 3.85. The summed E-state index contributed by atoms with van der Waals surface area (Å²) in [6.45, 7) is 7.65. The van der Waals surface area contributed by atoms with Gasteiger partial charge in [0.1, 0.15) is 5.00 Å². The number of esters is 1. The normalized spacial score (nSPS) is 10.4. The third kappa shape index (κ3) is 2.90. The van der Waals surface area contributed by atoms with Gasteiger partial charge in [0.15, 0.2) is 0 Å². The van der Waals surface area contributed by atoms with Crippen LogP contribution in [-0.4, -0.2) is 19.0 Å². The van der Waals surface area contributed by atoms with E-state index < -0.39 is 5.97 Å². The zero-order valence-corrected chi connectivity index (χ0v) is 14.2. The molecule has 1 heterocycles. The van der Waals surface area contributed by atoms with Gasteiger partial charge < -0.3 is 10.1 Å². The van der Waals surface area contributed by atoms with Crippen LogP contribution >= 0.6 is 11.3 Å². The van der Waals surface area contributed by atoms with Gasteiger partial charge in [0, 0.05) is 10.4 Å². The average Bonchev–Trinajstić information content (AvgIpc) is 2.75. The Bertz CT molecular complexity index is 747. The second-order valence-corrected chi connectivity index (χ2v) is 6.41. The number of amides is 1. The Kier molecular flexibility index (Phi) is 4.66. The molecule has 1 amide bonds. The van der Waals surface area contributed by atoms with Gasteiger partial charge in [-0.15, -0.1) is 11.3 Å². The first-order chi connectivity index (χ1) is 10.4. The number of hydrogen-bond donors (Lipinski definition) is 1. The van der Waals surface area contributed by atoms with Crippen molar-refractivity contribution >= 4 is 28.2 Å². The van der Waals surface area contributed by atoms with E-state index in [-0.39, 0.29) is 5.91 Å². The molecule has 22 heavy (non-hydrogen) atoms. The van der Waals surface area contributed by atoms with Crippen LogP contribution in [0.15, 0.2) is 18.2 Å². The standard InChI is InChI=1S/C17H19NO3S/c1-9-7-6-8-13(10(9)2)15(19)18-16-14(17(20)21-5)11(3)12(4)22-16/h6-8H,1-5H3,(H,18,19). The molecular formula is C17H19NO3S. The van der Waals surface area contributed by atoms with Gasteiger partial charge in [-0.3, -0.25) is 4.79 Å². The number of ether oxygens (including phenoxy) is 1. The molecule has 4 nitrogen and oxygen atoms in total. The molecule has 1 aromatic heterocycles. The lowest BCUT2D eigenvalue weighted by molar-refractivity contribution is 0.0601. The number of hydrogen-bond acceptors (Lipinski definition) is 4. The van der Waals surface area contributed by atoms with Crippen molar-refractivity contribution in [1.82, 2.24) is 0 Å². The van der Waals surface area contributed by atoms with Crippen molar-refractivity contribution in [3.05, 3.63) is 50.9 Å². The summed E-state index contributed by atoms with van der Waals surface area (Å²) in [6, 6.07) is 5.59. The van der Waals surface area contributed by atoms with Crippen molar-refractivity contribution in [2.45, 2.75) is 27.7 Å².